The number of hydrogen-bond donors (Lipinski definition) is 2. The highest BCUT2D eigenvalue weighted by Crippen LogP contribution is 2.10. The lowest BCUT2D eigenvalue weighted by atomic mass is 9.98. The smallest absolute Gasteiger partial charge is 0.269 e. The van der Waals surface area contributed by atoms with Gasteiger partial charge in [-0.15, -0.1) is 0 Å². The van der Waals surface area contributed by atoms with Gasteiger partial charge < -0.3 is 10.6 Å². The molecule has 1 aliphatic rings. The number of piperidine rings is 1. The van der Waals surface area contributed by atoms with Crippen molar-refractivity contribution in [1.82, 2.24) is 20.4 Å². The Bertz CT molecular complexity index is 393. The van der Waals surface area contributed by atoms with Crippen molar-refractivity contribution in [3.63, 3.8) is 0 Å². The van der Waals surface area contributed by atoms with Gasteiger partial charge in [0.05, 0.1) is 5.69 Å². The van der Waals surface area contributed by atoms with Crippen LogP contribution in [-0.2, 0) is 7.05 Å². The number of nitrogens with one attached hydrogen (secondary N) is 2. The summed E-state index contributed by atoms with van der Waals surface area (Å²) in [5.74, 6) is 0.584. The van der Waals surface area contributed by atoms with Gasteiger partial charge in [0.15, 0.2) is 0 Å². The third-order valence-corrected chi connectivity index (χ3v) is 3.24. The molecule has 0 aromatic carbocycles. The van der Waals surface area contributed by atoms with Crippen molar-refractivity contribution in [3.8, 4) is 0 Å². The number of amides is 1. The molecule has 5 nitrogen and oxygen atoms in total. The second-order valence-corrected chi connectivity index (χ2v) is 4.70. The Balaban J connectivity index is 1.86. The van der Waals surface area contributed by atoms with Crippen molar-refractivity contribution in [2.24, 2.45) is 13.0 Å². The summed E-state index contributed by atoms with van der Waals surface area (Å²) in [6.45, 7) is 4.78. The fraction of sp³-hybridized carbons (Fsp3) is 0.667. The molecule has 1 fully saturated rings. The monoisotopic (exact) mass is 236 g/mol. The van der Waals surface area contributed by atoms with Crippen LogP contribution in [0.1, 0.15) is 29.0 Å². The van der Waals surface area contributed by atoms with Gasteiger partial charge in [0.2, 0.25) is 0 Å². The average Bonchev–Trinajstić information content (AvgIpc) is 2.67. The van der Waals surface area contributed by atoms with Crippen molar-refractivity contribution in [2.75, 3.05) is 19.6 Å². The second kappa shape index (κ2) is 5.31. The molecule has 17 heavy (non-hydrogen) atoms. The van der Waals surface area contributed by atoms with Crippen LogP contribution in [0.3, 0.4) is 0 Å². The van der Waals surface area contributed by atoms with Gasteiger partial charge in [-0.3, -0.25) is 9.48 Å². The zero-order valence-electron chi connectivity index (χ0n) is 10.5. The van der Waals surface area contributed by atoms with Crippen LogP contribution in [0.15, 0.2) is 6.07 Å². The van der Waals surface area contributed by atoms with E-state index in [-0.39, 0.29) is 5.91 Å². The summed E-state index contributed by atoms with van der Waals surface area (Å²) in [6.07, 6.45) is 2.29. The van der Waals surface area contributed by atoms with E-state index in [4.69, 9.17) is 0 Å². The minimum Gasteiger partial charge on any atom is -0.350 e. The van der Waals surface area contributed by atoms with Gasteiger partial charge in [-0.1, -0.05) is 0 Å². The van der Waals surface area contributed by atoms with E-state index in [9.17, 15) is 4.79 Å². The molecular weight excluding hydrogens is 216 g/mol. The maximum absolute atomic E-state index is 11.9. The molecule has 0 spiro atoms. The normalized spacial score (nSPS) is 17.1. The van der Waals surface area contributed by atoms with Crippen LogP contribution < -0.4 is 10.6 Å². The Morgan fingerprint density at radius 1 is 1.59 bits per heavy atom. The molecule has 2 rings (SSSR count). The molecule has 94 valence electrons. The highest BCUT2D eigenvalue weighted by atomic mass is 16.2. The largest absolute Gasteiger partial charge is 0.350 e. The fourth-order valence-electron chi connectivity index (χ4n) is 2.24. The van der Waals surface area contributed by atoms with Crippen molar-refractivity contribution < 1.29 is 4.79 Å². The van der Waals surface area contributed by atoms with E-state index in [0.717, 1.165) is 38.2 Å². The molecule has 0 saturated carbocycles. The standard InChI is InChI=1S/C12H20N4O/c1-9-7-11(16(2)15-9)12(17)14-8-10-3-5-13-6-4-10/h7,10,13H,3-6,8H2,1-2H3,(H,14,17). The summed E-state index contributed by atoms with van der Waals surface area (Å²) in [6, 6.07) is 1.82. The maximum Gasteiger partial charge on any atom is 0.269 e. The average molecular weight is 236 g/mol. The van der Waals surface area contributed by atoms with E-state index in [1.165, 1.54) is 0 Å². The van der Waals surface area contributed by atoms with E-state index >= 15 is 0 Å². The van der Waals surface area contributed by atoms with Crippen molar-refractivity contribution in [1.29, 1.82) is 0 Å². The van der Waals surface area contributed by atoms with E-state index in [0.29, 0.717) is 11.6 Å². The molecular formula is C12H20N4O. The zero-order chi connectivity index (χ0) is 12.3. The molecule has 5 heteroatoms. The Kier molecular flexibility index (Phi) is 3.78. The third kappa shape index (κ3) is 3.06. The summed E-state index contributed by atoms with van der Waals surface area (Å²) in [5.41, 5.74) is 1.51. The number of nitrogens with zero attached hydrogens (tertiary/aromatic N) is 2. The lowest BCUT2D eigenvalue weighted by molar-refractivity contribution is 0.0935. The van der Waals surface area contributed by atoms with Gasteiger partial charge in [0.25, 0.3) is 5.91 Å². The van der Waals surface area contributed by atoms with Gasteiger partial charge in [-0.05, 0) is 44.8 Å². The first kappa shape index (κ1) is 12.1. The number of carbonyl (C=O) groups is 1. The summed E-state index contributed by atoms with van der Waals surface area (Å²) in [5, 5.41) is 10.5. The summed E-state index contributed by atoms with van der Waals surface area (Å²) >= 11 is 0. The predicted molar refractivity (Wildman–Crippen MR) is 65.9 cm³/mol. The molecule has 0 aliphatic carbocycles. The molecule has 1 aromatic heterocycles. The molecule has 2 N–H and O–H groups in total. The fourth-order valence-corrected chi connectivity index (χ4v) is 2.24. The van der Waals surface area contributed by atoms with Crippen LogP contribution in [0.4, 0.5) is 0 Å². The molecule has 0 radical (unpaired) electrons. The highest BCUT2D eigenvalue weighted by molar-refractivity contribution is 5.92. The first-order valence-corrected chi connectivity index (χ1v) is 6.16. The molecule has 1 aromatic rings. The highest BCUT2D eigenvalue weighted by Gasteiger charge is 2.16. The Morgan fingerprint density at radius 3 is 2.88 bits per heavy atom. The molecule has 2 heterocycles. The molecule has 1 aliphatic heterocycles. The van der Waals surface area contributed by atoms with Crippen molar-refractivity contribution in [2.45, 2.75) is 19.8 Å². The molecule has 0 unspecified atom stereocenters. The minimum atomic E-state index is -0.0216. The van der Waals surface area contributed by atoms with E-state index in [1.54, 1.807) is 11.7 Å². The van der Waals surface area contributed by atoms with Crippen LogP contribution in [0, 0.1) is 12.8 Å². The van der Waals surface area contributed by atoms with Gasteiger partial charge in [0, 0.05) is 13.6 Å². The van der Waals surface area contributed by atoms with Crippen LogP contribution in [0.2, 0.25) is 0 Å². The van der Waals surface area contributed by atoms with Gasteiger partial charge in [0.1, 0.15) is 5.69 Å². The Morgan fingerprint density at radius 2 is 2.29 bits per heavy atom. The Hall–Kier alpha value is -1.36. The van der Waals surface area contributed by atoms with Crippen molar-refractivity contribution >= 4 is 5.91 Å². The summed E-state index contributed by atoms with van der Waals surface area (Å²) < 4.78 is 1.63. The van der Waals surface area contributed by atoms with E-state index in [2.05, 4.69) is 15.7 Å². The zero-order valence-corrected chi connectivity index (χ0v) is 10.5. The summed E-state index contributed by atoms with van der Waals surface area (Å²) in [4.78, 5) is 11.9. The summed E-state index contributed by atoms with van der Waals surface area (Å²) in [7, 11) is 1.80. The minimum absolute atomic E-state index is 0.0216. The first-order chi connectivity index (χ1) is 8.16. The molecule has 1 amide bonds. The number of carbonyl (C=O) groups excluding carboxylic acids is 1. The lowest BCUT2D eigenvalue weighted by Crippen LogP contribution is -2.36. The van der Waals surface area contributed by atoms with Crippen LogP contribution >= 0.6 is 0 Å². The van der Waals surface area contributed by atoms with Gasteiger partial charge >= 0.3 is 0 Å². The molecule has 0 bridgehead atoms. The van der Waals surface area contributed by atoms with Gasteiger partial charge in [-0.2, -0.15) is 5.10 Å². The van der Waals surface area contributed by atoms with Crippen LogP contribution in [-0.4, -0.2) is 35.3 Å². The quantitative estimate of drug-likeness (QED) is 0.801. The number of aromatic nitrogens is 2. The molecule has 1 saturated heterocycles. The second-order valence-electron chi connectivity index (χ2n) is 4.70. The molecule has 0 atom stereocenters. The van der Waals surface area contributed by atoms with Crippen LogP contribution in [0.5, 0.6) is 0 Å². The maximum atomic E-state index is 11.9. The van der Waals surface area contributed by atoms with Crippen molar-refractivity contribution in [3.05, 3.63) is 17.5 Å². The number of rotatable bonds is 3. The third-order valence-electron chi connectivity index (χ3n) is 3.24. The predicted octanol–water partition coefficient (Wildman–Crippen LogP) is 0.458. The topological polar surface area (TPSA) is 59.0 Å². The van der Waals surface area contributed by atoms with E-state index in [1.807, 2.05) is 13.0 Å². The van der Waals surface area contributed by atoms with Crippen LogP contribution in [0.25, 0.3) is 0 Å². The number of aryl methyl sites for hydroxylation is 2. The van der Waals surface area contributed by atoms with Gasteiger partial charge in [-0.25, -0.2) is 0 Å². The first-order valence-electron chi connectivity index (χ1n) is 6.16. The van der Waals surface area contributed by atoms with E-state index < -0.39 is 0 Å². The SMILES string of the molecule is Cc1cc(C(=O)NCC2CCNCC2)n(C)n1. The lowest BCUT2D eigenvalue weighted by Gasteiger charge is -2.22. The number of hydrogen-bond acceptors (Lipinski definition) is 3. The Labute approximate surface area is 102 Å².